The molecular weight excluding hydrogens is 172 g/mol. The molecule has 1 aromatic heterocycles. The lowest BCUT2D eigenvalue weighted by atomic mass is 10.6. The van der Waals surface area contributed by atoms with Gasteiger partial charge in [-0.05, 0) is 19.6 Å². The number of hydrogen-bond acceptors (Lipinski definition) is 3. The van der Waals surface area contributed by atoms with Crippen LogP contribution in [0.15, 0.2) is 17.1 Å². The summed E-state index contributed by atoms with van der Waals surface area (Å²) in [7, 11) is -1.62. The van der Waals surface area contributed by atoms with E-state index in [2.05, 4.69) is 9.97 Å². The lowest BCUT2D eigenvalue weighted by molar-refractivity contribution is 0.529. The molecule has 66 valence electrons. The third-order valence-electron chi connectivity index (χ3n) is 1.06. The Morgan fingerprint density at radius 1 is 1.50 bits per heavy atom. The first kappa shape index (κ1) is 8.99. The van der Waals surface area contributed by atoms with Crippen LogP contribution >= 0.6 is 0 Å². The van der Waals surface area contributed by atoms with Crippen LogP contribution in [0.4, 0.5) is 0 Å². The molecule has 0 fully saturated rings. The molecule has 0 aliphatic carbocycles. The molecule has 0 atom stereocenters. The van der Waals surface area contributed by atoms with Gasteiger partial charge in [-0.3, -0.25) is 4.98 Å². The van der Waals surface area contributed by atoms with Crippen molar-refractivity contribution < 1.29 is 4.43 Å². The highest BCUT2D eigenvalue weighted by molar-refractivity contribution is 6.70. The van der Waals surface area contributed by atoms with Crippen LogP contribution in [0.5, 0.6) is 5.88 Å². The molecule has 0 saturated heterocycles. The van der Waals surface area contributed by atoms with Gasteiger partial charge < -0.3 is 4.43 Å². The lowest BCUT2D eigenvalue weighted by Crippen LogP contribution is -2.30. The van der Waals surface area contributed by atoms with Gasteiger partial charge in [0, 0.05) is 12.3 Å². The molecule has 0 radical (unpaired) electrons. The number of aromatic nitrogens is 2. The summed E-state index contributed by atoms with van der Waals surface area (Å²) in [6.45, 7) is 6.14. The SMILES string of the molecule is C[Si](C)(C)Oc1ccnc(=O)[nH]1. The van der Waals surface area contributed by atoms with Crippen LogP contribution in [0.1, 0.15) is 0 Å². The molecule has 1 rings (SSSR count). The van der Waals surface area contributed by atoms with Crippen molar-refractivity contribution in [3.63, 3.8) is 0 Å². The van der Waals surface area contributed by atoms with Gasteiger partial charge in [-0.15, -0.1) is 0 Å². The molecule has 1 aromatic rings. The van der Waals surface area contributed by atoms with Crippen LogP contribution in [0.3, 0.4) is 0 Å². The standard InChI is InChI=1S/C7H12N2O2Si/c1-12(2,3)11-6-4-5-8-7(10)9-6/h4-5H,1-3H3,(H,8,9,10). The molecule has 5 heteroatoms. The summed E-state index contributed by atoms with van der Waals surface area (Å²) in [6.07, 6.45) is 1.44. The first-order valence-electron chi connectivity index (χ1n) is 3.72. The van der Waals surface area contributed by atoms with Crippen molar-refractivity contribution in [3.05, 3.63) is 22.7 Å². The predicted molar refractivity (Wildman–Crippen MR) is 48.8 cm³/mol. The van der Waals surface area contributed by atoms with Crippen molar-refractivity contribution in [2.24, 2.45) is 0 Å². The summed E-state index contributed by atoms with van der Waals surface area (Å²) >= 11 is 0. The van der Waals surface area contributed by atoms with E-state index in [1.54, 1.807) is 6.07 Å². The van der Waals surface area contributed by atoms with E-state index in [-0.39, 0.29) is 5.69 Å². The molecule has 12 heavy (non-hydrogen) atoms. The molecule has 0 amide bonds. The van der Waals surface area contributed by atoms with Crippen molar-refractivity contribution in [2.75, 3.05) is 0 Å². The molecule has 0 aromatic carbocycles. The van der Waals surface area contributed by atoms with Crippen LogP contribution in [-0.4, -0.2) is 18.3 Å². The molecule has 0 unspecified atom stereocenters. The van der Waals surface area contributed by atoms with Crippen molar-refractivity contribution >= 4 is 8.32 Å². The second-order valence-electron chi connectivity index (χ2n) is 3.45. The Bertz CT molecular complexity index is 316. The Kier molecular flexibility index (Phi) is 2.32. The second-order valence-corrected chi connectivity index (χ2v) is 7.88. The van der Waals surface area contributed by atoms with E-state index < -0.39 is 8.32 Å². The molecule has 1 heterocycles. The smallest absolute Gasteiger partial charge is 0.347 e. The fourth-order valence-corrected chi connectivity index (χ4v) is 1.52. The van der Waals surface area contributed by atoms with E-state index in [9.17, 15) is 4.79 Å². The maximum absolute atomic E-state index is 10.7. The molecule has 0 aliphatic heterocycles. The summed E-state index contributed by atoms with van der Waals surface area (Å²) < 4.78 is 5.53. The van der Waals surface area contributed by atoms with Crippen LogP contribution < -0.4 is 10.1 Å². The van der Waals surface area contributed by atoms with Crippen LogP contribution in [0, 0.1) is 0 Å². The van der Waals surface area contributed by atoms with Crippen LogP contribution in [0.2, 0.25) is 19.6 Å². The van der Waals surface area contributed by atoms with Gasteiger partial charge in [-0.2, -0.15) is 0 Å². The fourth-order valence-electron chi connectivity index (χ4n) is 0.741. The van der Waals surface area contributed by atoms with Gasteiger partial charge in [0.05, 0.1) is 0 Å². The monoisotopic (exact) mass is 184 g/mol. The number of aromatic amines is 1. The minimum absolute atomic E-state index is 0.370. The Morgan fingerprint density at radius 2 is 2.17 bits per heavy atom. The molecule has 1 N–H and O–H groups in total. The summed E-state index contributed by atoms with van der Waals surface area (Å²) in [5.41, 5.74) is -0.370. The minimum atomic E-state index is -1.62. The summed E-state index contributed by atoms with van der Waals surface area (Å²) in [5, 5.41) is 0. The minimum Gasteiger partial charge on any atom is -0.533 e. The number of nitrogens with one attached hydrogen (secondary N) is 1. The average Bonchev–Trinajstić information content (AvgIpc) is 1.82. The van der Waals surface area contributed by atoms with E-state index in [4.69, 9.17) is 4.43 Å². The summed E-state index contributed by atoms with van der Waals surface area (Å²) in [6, 6.07) is 1.65. The third kappa shape index (κ3) is 2.87. The van der Waals surface area contributed by atoms with Crippen molar-refractivity contribution in [3.8, 4) is 5.88 Å². The second kappa shape index (κ2) is 3.10. The van der Waals surface area contributed by atoms with Gasteiger partial charge in [0.2, 0.25) is 8.32 Å². The Labute approximate surface area is 71.7 Å². The zero-order chi connectivity index (χ0) is 9.19. The highest BCUT2D eigenvalue weighted by atomic mass is 28.4. The molecule has 0 saturated carbocycles. The fraction of sp³-hybridized carbons (Fsp3) is 0.429. The Hall–Kier alpha value is -1.10. The number of nitrogens with zero attached hydrogens (tertiary/aromatic N) is 1. The van der Waals surface area contributed by atoms with Gasteiger partial charge in [-0.1, -0.05) is 0 Å². The van der Waals surface area contributed by atoms with E-state index in [1.807, 2.05) is 19.6 Å². The maximum Gasteiger partial charge on any atom is 0.347 e. The van der Waals surface area contributed by atoms with Gasteiger partial charge >= 0.3 is 5.69 Å². The van der Waals surface area contributed by atoms with E-state index >= 15 is 0 Å². The Balaban J connectivity index is 2.84. The van der Waals surface area contributed by atoms with E-state index in [0.717, 1.165) is 0 Å². The first-order valence-corrected chi connectivity index (χ1v) is 7.12. The highest BCUT2D eigenvalue weighted by Crippen LogP contribution is 2.08. The van der Waals surface area contributed by atoms with Crippen molar-refractivity contribution in [2.45, 2.75) is 19.6 Å². The topological polar surface area (TPSA) is 55.0 Å². The molecule has 4 nitrogen and oxygen atoms in total. The van der Waals surface area contributed by atoms with Gasteiger partial charge in [0.15, 0.2) is 5.88 Å². The van der Waals surface area contributed by atoms with Gasteiger partial charge in [0.25, 0.3) is 0 Å². The van der Waals surface area contributed by atoms with Crippen molar-refractivity contribution in [1.82, 2.24) is 9.97 Å². The lowest BCUT2D eigenvalue weighted by Gasteiger charge is -2.17. The predicted octanol–water partition coefficient (Wildman–Crippen LogP) is 0.984. The first-order chi connectivity index (χ1) is 5.47. The quantitative estimate of drug-likeness (QED) is 0.697. The molecule has 0 spiro atoms. The maximum atomic E-state index is 10.7. The Morgan fingerprint density at radius 3 is 2.67 bits per heavy atom. The van der Waals surface area contributed by atoms with E-state index in [0.29, 0.717) is 5.88 Å². The third-order valence-corrected chi connectivity index (χ3v) is 1.90. The average molecular weight is 184 g/mol. The van der Waals surface area contributed by atoms with Crippen LogP contribution in [-0.2, 0) is 0 Å². The summed E-state index contributed by atoms with van der Waals surface area (Å²) in [5.74, 6) is 0.508. The largest absolute Gasteiger partial charge is 0.533 e. The van der Waals surface area contributed by atoms with Crippen LogP contribution in [0.25, 0.3) is 0 Å². The van der Waals surface area contributed by atoms with Crippen molar-refractivity contribution in [1.29, 1.82) is 0 Å². The van der Waals surface area contributed by atoms with E-state index in [1.165, 1.54) is 6.20 Å². The number of rotatable bonds is 2. The zero-order valence-electron chi connectivity index (χ0n) is 7.42. The normalized spacial score (nSPS) is 11.2. The molecular formula is C7H12N2O2Si. The van der Waals surface area contributed by atoms with Gasteiger partial charge in [0.1, 0.15) is 0 Å². The summed E-state index contributed by atoms with van der Waals surface area (Å²) in [4.78, 5) is 16.7. The number of hydrogen-bond donors (Lipinski definition) is 1. The number of H-pyrrole nitrogens is 1. The van der Waals surface area contributed by atoms with Gasteiger partial charge in [-0.25, -0.2) is 9.78 Å². The molecule has 0 aliphatic rings. The highest BCUT2D eigenvalue weighted by Gasteiger charge is 2.16. The molecule has 0 bridgehead atoms. The zero-order valence-corrected chi connectivity index (χ0v) is 8.42.